The molecular formula is C15H25NO. The van der Waals surface area contributed by atoms with Crippen molar-refractivity contribution in [3.05, 3.63) is 29.3 Å². The minimum Gasteiger partial charge on any atom is -0.497 e. The molecule has 0 saturated carbocycles. The van der Waals surface area contributed by atoms with Crippen LogP contribution < -0.4 is 10.5 Å². The summed E-state index contributed by atoms with van der Waals surface area (Å²) in [4.78, 5) is 0. The van der Waals surface area contributed by atoms with Gasteiger partial charge in [-0.15, -0.1) is 0 Å². The van der Waals surface area contributed by atoms with Crippen LogP contribution in [0.15, 0.2) is 18.2 Å². The second-order valence-corrected chi connectivity index (χ2v) is 5.14. The van der Waals surface area contributed by atoms with Gasteiger partial charge in [-0.25, -0.2) is 0 Å². The molecular weight excluding hydrogens is 210 g/mol. The van der Waals surface area contributed by atoms with E-state index in [4.69, 9.17) is 10.5 Å². The lowest BCUT2D eigenvalue weighted by Gasteiger charge is -2.14. The van der Waals surface area contributed by atoms with Gasteiger partial charge in [0.1, 0.15) is 5.75 Å². The third-order valence-electron chi connectivity index (χ3n) is 3.07. The molecule has 0 amide bonds. The Kier molecular flexibility index (Phi) is 5.49. The summed E-state index contributed by atoms with van der Waals surface area (Å²) < 4.78 is 5.28. The number of aryl methyl sites for hydroxylation is 1. The van der Waals surface area contributed by atoms with E-state index in [0.29, 0.717) is 0 Å². The summed E-state index contributed by atoms with van der Waals surface area (Å²) in [5.41, 5.74) is 8.58. The smallest absolute Gasteiger partial charge is 0.119 e. The standard InChI is InChI=1S/C15H25NO/c1-11(2)6-5-7-13-10-14(17-4)8-9-15(13)12(3)16/h8-12H,5-7,16H2,1-4H3/t12-/m1/s1. The summed E-state index contributed by atoms with van der Waals surface area (Å²) >= 11 is 0. The molecule has 0 aromatic heterocycles. The second-order valence-electron chi connectivity index (χ2n) is 5.14. The van der Waals surface area contributed by atoms with Gasteiger partial charge in [0.25, 0.3) is 0 Å². The molecule has 1 rings (SSSR count). The monoisotopic (exact) mass is 235 g/mol. The highest BCUT2D eigenvalue weighted by atomic mass is 16.5. The third-order valence-corrected chi connectivity index (χ3v) is 3.07. The molecule has 0 aliphatic heterocycles. The average Bonchev–Trinajstić information content (AvgIpc) is 2.28. The molecule has 2 nitrogen and oxygen atoms in total. The molecule has 96 valence electrons. The van der Waals surface area contributed by atoms with Crippen LogP contribution in [0, 0.1) is 5.92 Å². The fourth-order valence-electron chi connectivity index (χ4n) is 2.07. The number of hydrogen-bond donors (Lipinski definition) is 1. The normalized spacial score (nSPS) is 12.8. The minimum atomic E-state index is 0.0926. The molecule has 0 saturated heterocycles. The van der Waals surface area contributed by atoms with Gasteiger partial charge in [0.15, 0.2) is 0 Å². The van der Waals surface area contributed by atoms with Crippen molar-refractivity contribution in [1.29, 1.82) is 0 Å². The molecule has 0 aliphatic carbocycles. The molecule has 1 aromatic carbocycles. The van der Waals surface area contributed by atoms with E-state index in [1.165, 1.54) is 24.0 Å². The molecule has 0 spiro atoms. The Labute approximate surface area is 105 Å². The first-order valence-electron chi connectivity index (χ1n) is 6.47. The fourth-order valence-corrected chi connectivity index (χ4v) is 2.07. The van der Waals surface area contributed by atoms with Gasteiger partial charge in [-0.05, 0) is 48.9 Å². The maximum Gasteiger partial charge on any atom is 0.119 e. The summed E-state index contributed by atoms with van der Waals surface area (Å²) in [6.45, 7) is 6.56. The zero-order valence-corrected chi connectivity index (χ0v) is 11.5. The largest absolute Gasteiger partial charge is 0.497 e. The summed E-state index contributed by atoms with van der Waals surface area (Å²) in [7, 11) is 1.71. The maximum absolute atomic E-state index is 6.00. The number of benzene rings is 1. The maximum atomic E-state index is 6.00. The second kappa shape index (κ2) is 6.65. The third kappa shape index (κ3) is 4.39. The zero-order chi connectivity index (χ0) is 12.8. The lowest BCUT2D eigenvalue weighted by molar-refractivity contribution is 0.413. The van der Waals surface area contributed by atoms with Crippen molar-refractivity contribution >= 4 is 0 Å². The molecule has 0 aliphatic rings. The van der Waals surface area contributed by atoms with Crippen molar-refractivity contribution in [1.82, 2.24) is 0 Å². The number of nitrogens with two attached hydrogens (primary N) is 1. The molecule has 1 atom stereocenters. The summed E-state index contributed by atoms with van der Waals surface area (Å²) in [5, 5.41) is 0. The summed E-state index contributed by atoms with van der Waals surface area (Å²) in [5.74, 6) is 1.69. The van der Waals surface area contributed by atoms with Crippen molar-refractivity contribution < 1.29 is 4.74 Å². The number of rotatable bonds is 6. The highest BCUT2D eigenvalue weighted by Crippen LogP contribution is 2.24. The van der Waals surface area contributed by atoms with Gasteiger partial charge in [0.2, 0.25) is 0 Å². The predicted octanol–water partition coefficient (Wildman–Crippen LogP) is 3.69. The first-order valence-corrected chi connectivity index (χ1v) is 6.47. The Morgan fingerprint density at radius 3 is 2.47 bits per heavy atom. The molecule has 0 heterocycles. The fraction of sp³-hybridized carbons (Fsp3) is 0.600. The van der Waals surface area contributed by atoms with Gasteiger partial charge in [0, 0.05) is 6.04 Å². The van der Waals surface area contributed by atoms with Crippen LogP contribution in [0.2, 0.25) is 0 Å². The lowest BCUT2D eigenvalue weighted by Crippen LogP contribution is -2.08. The highest BCUT2D eigenvalue weighted by Gasteiger charge is 2.08. The number of hydrogen-bond acceptors (Lipinski definition) is 2. The van der Waals surface area contributed by atoms with Gasteiger partial charge in [-0.1, -0.05) is 26.3 Å². The Balaban J connectivity index is 2.78. The molecule has 17 heavy (non-hydrogen) atoms. The van der Waals surface area contributed by atoms with E-state index in [-0.39, 0.29) is 6.04 Å². The van der Waals surface area contributed by atoms with E-state index >= 15 is 0 Å². The first kappa shape index (κ1) is 14.0. The average molecular weight is 235 g/mol. The molecule has 2 heteroatoms. The molecule has 0 unspecified atom stereocenters. The van der Waals surface area contributed by atoms with Crippen molar-refractivity contribution in [2.45, 2.75) is 46.1 Å². The summed E-state index contributed by atoms with van der Waals surface area (Å²) in [6, 6.07) is 6.30. The molecule has 0 radical (unpaired) electrons. The van der Waals surface area contributed by atoms with E-state index < -0.39 is 0 Å². The van der Waals surface area contributed by atoms with Crippen LogP contribution in [-0.4, -0.2) is 7.11 Å². The Hall–Kier alpha value is -1.02. The topological polar surface area (TPSA) is 35.2 Å². The first-order chi connectivity index (χ1) is 8.04. The molecule has 1 aromatic rings. The van der Waals surface area contributed by atoms with E-state index in [2.05, 4.69) is 26.0 Å². The van der Waals surface area contributed by atoms with Crippen molar-refractivity contribution in [2.24, 2.45) is 11.7 Å². The zero-order valence-electron chi connectivity index (χ0n) is 11.5. The van der Waals surface area contributed by atoms with E-state index in [1.807, 2.05) is 13.0 Å². The van der Waals surface area contributed by atoms with Crippen LogP contribution in [0.5, 0.6) is 5.75 Å². The Morgan fingerprint density at radius 2 is 1.94 bits per heavy atom. The number of ether oxygens (including phenoxy) is 1. The number of methoxy groups -OCH3 is 1. The molecule has 0 fully saturated rings. The van der Waals surface area contributed by atoms with E-state index in [0.717, 1.165) is 18.1 Å². The SMILES string of the molecule is COc1ccc([C@@H](C)N)c(CCCC(C)C)c1. The Bertz CT molecular complexity index is 345. The van der Waals surface area contributed by atoms with Crippen LogP contribution in [-0.2, 0) is 6.42 Å². The van der Waals surface area contributed by atoms with Crippen LogP contribution in [0.3, 0.4) is 0 Å². The predicted molar refractivity (Wildman–Crippen MR) is 73.4 cm³/mol. The van der Waals surface area contributed by atoms with Crippen molar-refractivity contribution in [3.8, 4) is 5.75 Å². The Morgan fingerprint density at radius 1 is 1.24 bits per heavy atom. The van der Waals surface area contributed by atoms with Gasteiger partial charge >= 0.3 is 0 Å². The van der Waals surface area contributed by atoms with Crippen molar-refractivity contribution in [2.75, 3.05) is 7.11 Å². The van der Waals surface area contributed by atoms with Crippen LogP contribution in [0.1, 0.15) is 50.8 Å². The van der Waals surface area contributed by atoms with Gasteiger partial charge in [-0.3, -0.25) is 0 Å². The summed E-state index contributed by atoms with van der Waals surface area (Å²) in [6.07, 6.45) is 3.56. The molecule has 2 N–H and O–H groups in total. The van der Waals surface area contributed by atoms with Crippen LogP contribution >= 0.6 is 0 Å². The van der Waals surface area contributed by atoms with Gasteiger partial charge < -0.3 is 10.5 Å². The van der Waals surface area contributed by atoms with E-state index in [9.17, 15) is 0 Å². The van der Waals surface area contributed by atoms with Gasteiger partial charge in [0.05, 0.1) is 7.11 Å². The van der Waals surface area contributed by atoms with Crippen LogP contribution in [0.25, 0.3) is 0 Å². The van der Waals surface area contributed by atoms with E-state index in [1.54, 1.807) is 7.11 Å². The van der Waals surface area contributed by atoms with Gasteiger partial charge in [-0.2, -0.15) is 0 Å². The molecule has 0 bridgehead atoms. The van der Waals surface area contributed by atoms with Crippen molar-refractivity contribution in [3.63, 3.8) is 0 Å². The highest BCUT2D eigenvalue weighted by molar-refractivity contribution is 5.37. The quantitative estimate of drug-likeness (QED) is 0.816. The van der Waals surface area contributed by atoms with Crippen LogP contribution in [0.4, 0.5) is 0 Å². The lowest BCUT2D eigenvalue weighted by atomic mass is 9.95. The minimum absolute atomic E-state index is 0.0926.